The summed E-state index contributed by atoms with van der Waals surface area (Å²) in [6, 6.07) is 6.82. The molecular weight excluding hydrogens is 443 g/mol. The van der Waals surface area contributed by atoms with Gasteiger partial charge in [-0.3, -0.25) is 4.79 Å². The van der Waals surface area contributed by atoms with Crippen LogP contribution in [-0.4, -0.2) is 6.29 Å². The van der Waals surface area contributed by atoms with Crippen molar-refractivity contribution in [1.29, 1.82) is 0 Å². The number of carbonyl (C=O) groups is 1. The monoisotopic (exact) mass is 492 g/mol. The molecule has 8 atom stereocenters. The van der Waals surface area contributed by atoms with Crippen LogP contribution in [0, 0.1) is 58.1 Å². The van der Waals surface area contributed by atoms with Gasteiger partial charge in [0.2, 0.25) is 0 Å². The van der Waals surface area contributed by atoms with E-state index in [4.69, 9.17) is 0 Å². The van der Waals surface area contributed by atoms with Crippen molar-refractivity contribution in [3.8, 4) is 0 Å². The maximum Gasteiger partial charge on any atom is 0.146 e. The van der Waals surface area contributed by atoms with Crippen molar-refractivity contribution in [2.45, 2.75) is 105 Å². The van der Waals surface area contributed by atoms with E-state index in [2.05, 4.69) is 34.6 Å². The number of aldehydes is 1. The van der Waals surface area contributed by atoms with E-state index in [0.29, 0.717) is 11.3 Å². The summed E-state index contributed by atoms with van der Waals surface area (Å²) >= 11 is 0. The Labute approximate surface area is 219 Å². The molecule has 0 aromatic heterocycles. The van der Waals surface area contributed by atoms with Gasteiger partial charge in [0.15, 0.2) is 0 Å². The number of fused-ring (bicyclic) bond motifs is 5. The van der Waals surface area contributed by atoms with Gasteiger partial charge in [-0.1, -0.05) is 66.0 Å². The van der Waals surface area contributed by atoms with Crippen LogP contribution in [-0.2, 0) is 4.79 Å². The highest BCUT2D eigenvalue weighted by molar-refractivity contribution is 5.89. The minimum Gasteiger partial charge on any atom is -0.298 e. The summed E-state index contributed by atoms with van der Waals surface area (Å²) in [6.07, 6.45) is 15.4. The van der Waals surface area contributed by atoms with Gasteiger partial charge in [0.1, 0.15) is 12.1 Å². The predicted molar refractivity (Wildman–Crippen MR) is 148 cm³/mol. The molecule has 3 fully saturated rings. The predicted octanol–water partition coefficient (Wildman–Crippen LogP) is 9.51. The zero-order valence-corrected chi connectivity index (χ0v) is 23.5. The fourth-order valence-corrected chi connectivity index (χ4v) is 10.1. The molecule has 0 unspecified atom stereocenters. The first-order valence-corrected chi connectivity index (χ1v) is 15.1. The minimum absolute atomic E-state index is 0.206. The van der Waals surface area contributed by atoms with Crippen LogP contribution in [0.1, 0.15) is 111 Å². The number of hydrogen-bond donors (Lipinski definition) is 0. The van der Waals surface area contributed by atoms with Crippen LogP contribution in [0.25, 0.3) is 5.57 Å². The van der Waals surface area contributed by atoms with Crippen molar-refractivity contribution in [2.24, 2.45) is 52.3 Å². The van der Waals surface area contributed by atoms with Gasteiger partial charge in [-0.15, -0.1) is 0 Å². The average Bonchev–Trinajstić information content (AvgIpc) is 3.20. The molecule has 0 amide bonds. The lowest BCUT2D eigenvalue weighted by molar-refractivity contribution is -0.111. The number of rotatable bonds is 7. The van der Waals surface area contributed by atoms with Crippen LogP contribution >= 0.6 is 0 Å². The zero-order valence-electron chi connectivity index (χ0n) is 23.5. The molecule has 0 spiro atoms. The summed E-state index contributed by atoms with van der Waals surface area (Å²) in [5.74, 6) is 5.44. The third kappa shape index (κ3) is 4.43. The lowest BCUT2D eigenvalue weighted by Crippen LogP contribution is -2.53. The fourth-order valence-electron chi connectivity index (χ4n) is 10.1. The van der Waals surface area contributed by atoms with Gasteiger partial charge >= 0.3 is 0 Å². The smallest absolute Gasteiger partial charge is 0.146 e. The molecule has 1 aromatic rings. The van der Waals surface area contributed by atoms with Crippen molar-refractivity contribution in [2.75, 3.05) is 0 Å². The highest BCUT2D eigenvalue weighted by atomic mass is 19.1. The maximum absolute atomic E-state index is 13.6. The molecule has 0 N–H and O–H groups in total. The van der Waals surface area contributed by atoms with Crippen LogP contribution in [0.2, 0.25) is 0 Å². The maximum atomic E-state index is 13.6. The molecule has 0 bridgehead atoms. The third-order valence-electron chi connectivity index (χ3n) is 12.0. The normalized spacial score (nSPS) is 38.9. The first-order chi connectivity index (χ1) is 17.2. The van der Waals surface area contributed by atoms with Crippen LogP contribution in [0.15, 0.2) is 29.8 Å². The van der Waals surface area contributed by atoms with Gasteiger partial charge in [-0.25, -0.2) is 4.39 Å². The molecule has 4 aliphatic rings. The van der Waals surface area contributed by atoms with E-state index in [1.807, 2.05) is 12.1 Å². The van der Waals surface area contributed by atoms with E-state index in [0.717, 1.165) is 65.8 Å². The minimum atomic E-state index is -0.206. The van der Waals surface area contributed by atoms with Crippen LogP contribution in [0.3, 0.4) is 0 Å². The van der Waals surface area contributed by atoms with Crippen molar-refractivity contribution < 1.29 is 9.18 Å². The second kappa shape index (κ2) is 10.0. The van der Waals surface area contributed by atoms with Crippen molar-refractivity contribution in [3.05, 3.63) is 41.2 Å². The molecule has 0 heterocycles. The third-order valence-corrected chi connectivity index (χ3v) is 12.0. The Morgan fingerprint density at radius 1 is 0.944 bits per heavy atom. The van der Waals surface area contributed by atoms with Crippen molar-refractivity contribution in [3.63, 3.8) is 0 Å². The van der Waals surface area contributed by atoms with Gasteiger partial charge in [-0.2, -0.15) is 0 Å². The molecular formula is C34H49FO. The second-order valence-electron chi connectivity index (χ2n) is 14.2. The van der Waals surface area contributed by atoms with Crippen LogP contribution in [0.5, 0.6) is 0 Å². The number of halogens is 1. The molecule has 1 nitrogen and oxygen atoms in total. The fraction of sp³-hybridized carbons (Fsp3) is 0.735. The molecule has 0 aliphatic heterocycles. The van der Waals surface area contributed by atoms with Gasteiger partial charge in [0.25, 0.3) is 0 Å². The molecule has 2 heteroatoms. The first-order valence-electron chi connectivity index (χ1n) is 15.1. The Balaban J connectivity index is 1.35. The zero-order chi connectivity index (χ0) is 25.7. The largest absolute Gasteiger partial charge is 0.298 e. The van der Waals surface area contributed by atoms with Gasteiger partial charge in [0, 0.05) is 0 Å². The van der Waals surface area contributed by atoms with E-state index in [9.17, 15) is 9.18 Å². The molecule has 0 radical (unpaired) electrons. The highest BCUT2D eigenvalue weighted by Gasteiger charge is 2.60. The number of allylic oxidation sites excluding steroid dienone is 2. The summed E-state index contributed by atoms with van der Waals surface area (Å²) < 4.78 is 13.6. The van der Waals surface area contributed by atoms with Gasteiger partial charge in [-0.05, 0) is 132 Å². The number of carbonyl (C=O) groups excluding carboxylic acids is 1. The number of benzene rings is 1. The van der Waals surface area contributed by atoms with Crippen LogP contribution in [0.4, 0.5) is 4.39 Å². The topological polar surface area (TPSA) is 17.1 Å². The Bertz CT molecular complexity index is 975. The van der Waals surface area contributed by atoms with E-state index in [1.54, 1.807) is 0 Å². The molecule has 4 aliphatic carbocycles. The molecule has 198 valence electrons. The summed E-state index contributed by atoms with van der Waals surface area (Å²) in [4.78, 5) is 12.3. The number of hydrogen-bond acceptors (Lipinski definition) is 1. The highest BCUT2D eigenvalue weighted by Crippen LogP contribution is 2.69. The van der Waals surface area contributed by atoms with E-state index in [1.165, 1.54) is 75.5 Å². The Morgan fingerprint density at radius 2 is 1.67 bits per heavy atom. The summed E-state index contributed by atoms with van der Waals surface area (Å²) in [6.45, 7) is 12.5. The van der Waals surface area contributed by atoms with E-state index >= 15 is 0 Å². The van der Waals surface area contributed by atoms with E-state index in [-0.39, 0.29) is 11.2 Å². The molecule has 0 saturated heterocycles. The standard InChI is InChI=1S/C34H49FO/c1-22(2)7-6-8-23(3)30-15-16-31-28-14-11-26-19-29(24-9-12-27(35)13-10-24)25(21-36)20-34(26,5)32(28)17-18-33(30,31)4/h9-10,12-13,21-23,26,28,30-32H,6-8,11,14-20H2,1-5H3/t23-,26+,28+,30-,31+,32+,33-,34+/m1/s1. The summed E-state index contributed by atoms with van der Waals surface area (Å²) in [5.41, 5.74) is 3.95. The average molecular weight is 493 g/mol. The lowest BCUT2D eigenvalue weighted by atomic mass is 9.44. The van der Waals surface area contributed by atoms with Crippen molar-refractivity contribution in [1.82, 2.24) is 0 Å². The Kier molecular flexibility index (Phi) is 7.29. The Morgan fingerprint density at radius 3 is 2.36 bits per heavy atom. The molecule has 36 heavy (non-hydrogen) atoms. The molecule has 5 rings (SSSR count). The summed E-state index contributed by atoms with van der Waals surface area (Å²) in [5, 5.41) is 0. The quantitative estimate of drug-likeness (QED) is 0.346. The first kappa shape index (κ1) is 26.2. The lowest BCUT2D eigenvalue weighted by Gasteiger charge is -2.61. The van der Waals surface area contributed by atoms with Gasteiger partial charge < -0.3 is 0 Å². The SMILES string of the molecule is CC(C)CCC[C@@H](C)[C@H]1CC[C@H]2[C@@H]3CC[C@H]4CC(c5ccc(F)cc5)=C(C=O)C[C@]4(C)[C@H]3CC[C@]12C. The van der Waals surface area contributed by atoms with Gasteiger partial charge in [0.05, 0.1) is 0 Å². The molecule has 3 saturated carbocycles. The van der Waals surface area contributed by atoms with Crippen molar-refractivity contribution >= 4 is 11.9 Å². The van der Waals surface area contributed by atoms with E-state index < -0.39 is 0 Å². The second-order valence-corrected chi connectivity index (χ2v) is 14.2. The molecule has 1 aromatic carbocycles. The Hall–Kier alpha value is -1.44. The summed E-state index contributed by atoms with van der Waals surface area (Å²) in [7, 11) is 0. The van der Waals surface area contributed by atoms with Crippen LogP contribution < -0.4 is 0 Å².